The van der Waals surface area contributed by atoms with Crippen molar-refractivity contribution in [2.45, 2.75) is 13.8 Å². The van der Waals surface area contributed by atoms with E-state index in [0.717, 1.165) is 16.9 Å². The van der Waals surface area contributed by atoms with Crippen LogP contribution in [0, 0.1) is 13.8 Å². The summed E-state index contributed by atoms with van der Waals surface area (Å²) in [6.45, 7) is 3.79. The molecule has 3 rings (SSSR count). The van der Waals surface area contributed by atoms with Crippen molar-refractivity contribution in [3.8, 4) is 0 Å². The molecule has 0 aliphatic heterocycles. The van der Waals surface area contributed by atoms with Crippen molar-refractivity contribution in [1.29, 1.82) is 0 Å². The molecule has 3 aromatic rings. The second-order valence-corrected chi connectivity index (χ2v) is 4.86. The Balaban J connectivity index is 1.90. The number of aromatic amines is 1. The molecule has 7 heteroatoms. The molecule has 0 spiro atoms. The number of benzene rings is 1. The summed E-state index contributed by atoms with van der Waals surface area (Å²) in [6, 6.07) is 7.90. The maximum atomic E-state index is 12.1. The first-order valence-electron chi connectivity index (χ1n) is 6.65. The Morgan fingerprint density at radius 1 is 1.05 bits per heavy atom. The summed E-state index contributed by atoms with van der Waals surface area (Å²) in [5.74, 6) is -0.410. The molecule has 0 saturated heterocycles. The van der Waals surface area contributed by atoms with Gasteiger partial charge in [-0.15, -0.1) is 0 Å². The lowest BCUT2D eigenvalue weighted by atomic mass is 10.2. The molecule has 1 amide bonds. The van der Waals surface area contributed by atoms with Gasteiger partial charge in [-0.05, 0) is 38.1 Å². The van der Waals surface area contributed by atoms with Crippen molar-refractivity contribution in [2.24, 2.45) is 0 Å². The molecule has 0 fully saturated rings. The summed E-state index contributed by atoms with van der Waals surface area (Å²) >= 11 is 0. The van der Waals surface area contributed by atoms with Crippen LogP contribution < -0.4 is 10.9 Å². The molecular formula is C15H13N5O2. The third kappa shape index (κ3) is 2.69. The standard InChI is InChI=1S/C15H13N5O2/c1-8-9(2)17-13-7-10(3-4-11(13)16-8)18-15(22)12-5-6-14(21)20-19-12/h3-7H,1-2H3,(H,18,22)(H,20,21). The fraction of sp³-hybridized carbons (Fsp3) is 0.133. The zero-order valence-corrected chi connectivity index (χ0v) is 12.0. The molecule has 2 aromatic heterocycles. The Hall–Kier alpha value is -3.09. The van der Waals surface area contributed by atoms with Crippen molar-refractivity contribution in [1.82, 2.24) is 20.2 Å². The Kier molecular flexibility index (Phi) is 3.38. The van der Waals surface area contributed by atoms with Crippen molar-refractivity contribution in [2.75, 3.05) is 5.32 Å². The predicted octanol–water partition coefficient (Wildman–Crippen LogP) is 1.58. The molecule has 7 nitrogen and oxygen atoms in total. The molecule has 0 atom stereocenters. The molecule has 0 aliphatic carbocycles. The van der Waals surface area contributed by atoms with Crippen LogP contribution in [0.25, 0.3) is 11.0 Å². The Morgan fingerprint density at radius 2 is 1.77 bits per heavy atom. The van der Waals surface area contributed by atoms with Gasteiger partial charge >= 0.3 is 0 Å². The van der Waals surface area contributed by atoms with Crippen LogP contribution in [-0.4, -0.2) is 26.1 Å². The van der Waals surface area contributed by atoms with Crippen molar-refractivity contribution in [3.05, 3.63) is 57.8 Å². The van der Waals surface area contributed by atoms with Gasteiger partial charge in [0.05, 0.1) is 22.4 Å². The number of carbonyl (C=O) groups excluding carboxylic acids is 1. The number of H-pyrrole nitrogens is 1. The van der Waals surface area contributed by atoms with Gasteiger partial charge in [0.2, 0.25) is 0 Å². The molecule has 1 aromatic carbocycles. The monoisotopic (exact) mass is 295 g/mol. The number of amides is 1. The van der Waals surface area contributed by atoms with Gasteiger partial charge in [-0.25, -0.2) is 15.1 Å². The largest absolute Gasteiger partial charge is 0.321 e. The van der Waals surface area contributed by atoms with Crippen LogP contribution in [0.3, 0.4) is 0 Å². The topological polar surface area (TPSA) is 101 Å². The van der Waals surface area contributed by atoms with Gasteiger partial charge in [-0.3, -0.25) is 9.59 Å². The molecule has 2 N–H and O–H groups in total. The van der Waals surface area contributed by atoms with Gasteiger partial charge in [0.25, 0.3) is 11.5 Å². The van der Waals surface area contributed by atoms with E-state index >= 15 is 0 Å². The van der Waals surface area contributed by atoms with Gasteiger partial charge in [0, 0.05) is 11.8 Å². The maximum Gasteiger partial charge on any atom is 0.276 e. The van der Waals surface area contributed by atoms with E-state index < -0.39 is 5.91 Å². The molecular weight excluding hydrogens is 282 g/mol. The SMILES string of the molecule is Cc1nc2ccc(NC(=O)c3ccc(=O)[nH]n3)cc2nc1C. The average molecular weight is 295 g/mol. The zero-order valence-electron chi connectivity index (χ0n) is 12.0. The van der Waals surface area contributed by atoms with Crippen molar-refractivity contribution >= 4 is 22.6 Å². The highest BCUT2D eigenvalue weighted by atomic mass is 16.2. The number of hydrogen-bond donors (Lipinski definition) is 2. The fourth-order valence-corrected chi connectivity index (χ4v) is 1.97. The molecule has 22 heavy (non-hydrogen) atoms. The molecule has 0 bridgehead atoms. The first-order chi connectivity index (χ1) is 10.5. The highest BCUT2D eigenvalue weighted by molar-refractivity contribution is 6.03. The molecule has 0 radical (unpaired) electrons. The summed E-state index contributed by atoms with van der Waals surface area (Å²) in [4.78, 5) is 31.9. The number of aromatic nitrogens is 4. The van der Waals surface area contributed by atoms with Gasteiger partial charge < -0.3 is 5.32 Å². The summed E-state index contributed by atoms with van der Waals surface area (Å²) in [7, 11) is 0. The minimum absolute atomic E-state index is 0.130. The first kappa shape index (κ1) is 13.9. The van der Waals surface area contributed by atoms with E-state index in [1.807, 2.05) is 13.8 Å². The minimum atomic E-state index is -0.410. The van der Waals surface area contributed by atoms with Gasteiger partial charge in [0.1, 0.15) is 5.69 Å². The van der Waals surface area contributed by atoms with Crippen LogP contribution in [0.4, 0.5) is 5.69 Å². The number of carbonyl (C=O) groups is 1. The van der Waals surface area contributed by atoms with Crippen LogP contribution in [0.1, 0.15) is 21.9 Å². The normalized spacial score (nSPS) is 10.6. The quantitative estimate of drug-likeness (QED) is 0.747. The van der Waals surface area contributed by atoms with Gasteiger partial charge in [-0.2, -0.15) is 5.10 Å². The lowest BCUT2D eigenvalue weighted by molar-refractivity contribution is 0.102. The van der Waals surface area contributed by atoms with E-state index in [-0.39, 0.29) is 11.3 Å². The summed E-state index contributed by atoms with van der Waals surface area (Å²) < 4.78 is 0. The molecule has 2 heterocycles. The number of nitrogens with one attached hydrogen (secondary N) is 2. The molecule has 110 valence electrons. The predicted molar refractivity (Wildman–Crippen MR) is 81.8 cm³/mol. The number of anilines is 1. The average Bonchev–Trinajstić information content (AvgIpc) is 2.49. The van der Waals surface area contributed by atoms with E-state index in [9.17, 15) is 9.59 Å². The van der Waals surface area contributed by atoms with Gasteiger partial charge in [-0.1, -0.05) is 0 Å². The fourth-order valence-electron chi connectivity index (χ4n) is 1.97. The third-order valence-electron chi connectivity index (χ3n) is 3.24. The number of aryl methyl sites for hydroxylation is 2. The van der Waals surface area contributed by atoms with Crippen LogP contribution >= 0.6 is 0 Å². The van der Waals surface area contributed by atoms with Crippen LogP contribution in [0.15, 0.2) is 35.1 Å². The van der Waals surface area contributed by atoms with E-state index in [4.69, 9.17) is 0 Å². The van der Waals surface area contributed by atoms with Crippen LogP contribution in [0.2, 0.25) is 0 Å². The van der Waals surface area contributed by atoms with E-state index in [1.54, 1.807) is 18.2 Å². The zero-order chi connectivity index (χ0) is 15.7. The molecule has 0 unspecified atom stereocenters. The first-order valence-corrected chi connectivity index (χ1v) is 6.65. The van der Waals surface area contributed by atoms with E-state index in [2.05, 4.69) is 25.5 Å². The number of fused-ring (bicyclic) bond motifs is 1. The smallest absolute Gasteiger partial charge is 0.276 e. The van der Waals surface area contributed by atoms with E-state index in [0.29, 0.717) is 11.2 Å². The van der Waals surface area contributed by atoms with Crippen LogP contribution in [0.5, 0.6) is 0 Å². The highest BCUT2D eigenvalue weighted by Crippen LogP contribution is 2.18. The molecule has 0 saturated carbocycles. The van der Waals surface area contributed by atoms with Crippen molar-refractivity contribution in [3.63, 3.8) is 0 Å². The second-order valence-electron chi connectivity index (χ2n) is 4.86. The lowest BCUT2D eigenvalue weighted by Crippen LogP contribution is -2.17. The highest BCUT2D eigenvalue weighted by Gasteiger charge is 2.09. The Morgan fingerprint density at radius 3 is 2.45 bits per heavy atom. The van der Waals surface area contributed by atoms with Crippen molar-refractivity contribution < 1.29 is 4.79 Å². The molecule has 0 aliphatic rings. The second kappa shape index (κ2) is 5.36. The summed E-state index contributed by atoms with van der Waals surface area (Å²) in [6.07, 6.45) is 0. The number of rotatable bonds is 2. The minimum Gasteiger partial charge on any atom is -0.321 e. The summed E-state index contributed by atoms with van der Waals surface area (Å²) in [5.41, 5.74) is 3.55. The lowest BCUT2D eigenvalue weighted by Gasteiger charge is -2.07. The van der Waals surface area contributed by atoms with Gasteiger partial charge in [0.15, 0.2) is 0 Å². The maximum absolute atomic E-state index is 12.1. The van der Waals surface area contributed by atoms with Crippen LogP contribution in [-0.2, 0) is 0 Å². The number of nitrogens with zero attached hydrogens (tertiary/aromatic N) is 3. The Labute approximate surface area is 125 Å². The third-order valence-corrected chi connectivity index (χ3v) is 3.24. The number of hydrogen-bond acceptors (Lipinski definition) is 5. The van der Waals surface area contributed by atoms with E-state index in [1.165, 1.54) is 12.1 Å². The summed E-state index contributed by atoms with van der Waals surface area (Å²) in [5, 5.41) is 8.62. The Bertz CT molecular complexity index is 912.